The maximum Gasteiger partial charge on any atom is 0.271 e. The van der Waals surface area contributed by atoms with Crippen molar-refractivity contribution in [3.05, 3.63) is 70.7 Å². The van der Waals surface area contributed by atoms with Gasteiger partial charge in [0.25, 0.3) is 5.69 Å². The molecule has 156 valence electrons. The quantitative estimate of drug-likeness (QED) is 0.254. The van der Waals surface area contributed by atoms with Gasteiger partial charge in [-0.2, -0.15) is 0 Å². The lowest BCUT2D eigenvalue weighted by Crippen LogP contribution is -2.15. The van der Waals surface area contributed by atoms with Gasteiger partial charge in [0, 0.05) is 12.1 Å². The van der Waals surface area contributed by atoms with E-state index in [2.05, 4.69) is 20.5 Å². The molecule has 3 aromatic heterocycles. The van der Waals surface area contributed by atoms with Gasteiger partial charge in [-0.25, -0.2) is 4.98 Å². The number of nitro groups is 1. The molecule has 4 aromatic rings. The number of hydrogen-bond donors (Lipinski definition) is 1. The fourth-order valence-corrected chi connectivity index (χ4v) is 3.30. The third kappa shape index (κ3) is 4.61. The average Bonchev–Trinajstić information content (AvgIpc) is 3.48. The van der Waals surface area contributed by atoms with E-state index in [0.29, 0.717) is 34.2 Å². The van der Waals surface area contributed by atoms with Gasteiger partial charge in [-0.15, -0.1) is 10.2 Å². The number of benzene rings is 1. The molecule has 0 unspecified atom stereocenters. The van der Waals surface area contributed by atoms with Gasteiger partial charge in [0.2, 0.25) is 11.1 Å². The molecule has 0 saturated carbocycles. The number of aromatic nitrogens is 3. The second-order valence-corrected chi connectivity index (χ2v) is 7.28. The van der Waals surface area contributed by atoms with Crippen molar-refractivity contribution in [2.45, 2.75) is 12.1 Å². The summed E-state index contributed by atoms with van der Waals surface area (Å²) < 4.78 is 10.8. The van der Waals surface area contributed by atoms with E-state index in [1.165, 1.54) is 24.7 Å². The maximum atomic E-state index is 12.4. The van der Waals surface area contributed by atoms with E-state index >= 15 is 0 Å². The Morgan fingerprint density at radius 3 is 2.45 bits per heavy atom. The number of nitro benzene ring substituents is 1. The van der Waals surface area contributed by atoms with Crippen molar-refractivity contribution >= 4 is 29.0 Å². The Kier molecular flexibility index (Phi) is 5.76. The van der Waals surface area contributed by atoms with E-state index in [0.717, 1.165) is 11.8 Å². The zero-order chi connectivity index (χ0) is 21.8. The normalized spacial score (nSPS) is 10.7. The highest BCUT2D eigenvalue weighted by Gasteiger charge is 2.18. The molecule has 3 heterocycles. The molecule has 0 fully saturated rings. The highest BCUT2D eigenvalue weighted by Crippen LogP contribution is 2.30. The van der Waals surface area contributed by atoms with Crippen LogP contribution in [0.4, 0.5) is 11.4 Å². The standard InChI is InChI=1S/C20H15N5O5S/c1-12-6-7-13(25(27)28)10-14(12)21-17(26)11-31-20-22-18(15-4-2-8-29-15)19(23-24-20)16-5-3-9-30-16/h2-10H,11H2,1H3,(H,21,26). The third-order valence-electron chi connectivity index (χ3n) is 4.21. The molecule has 4 rings (SSSR count). The largest absolute Gasteiger partial charge is 0.463 e. The van der Waals surface area contributed by atoms with Gasteiger partial charge in [0.15, 0.2) is 17.2 Å². The molecular weight excluding hydrogens is 422 g/mol. The number of furan rings is 2. The van der Waals surface area contributed by atoms with Gasteiger partial charge in [0.05, 0.1) is 28.9 Å². The van der Waals surface area contributed by atoms with Crippen molar-refractivity contribution in [3.63, 3.8) is 0 Å². The van der Waals surface area contributed by atoms with Gasteiger partial charge in [-0.3, -0.25) is 14.9 Å². The van der Waals surface area contributed by atoms with Crippen molar-refractivity contribution < 1.29 is 18.6 Å². The summed E-state index contributed by atoms with van der Waals surface area (Å²) in [6, 6.07) is 11.2. The van der Waals surface area contributed by atoms with Crippen molar-refractivity contribution in [2.24, 2.45) is 0 Å². The van der Waals surface area contributed by atoms with E-state index in [9.17, 15) is 14.9 Å². The fraction of sp³-hybridized carbons (Fsp3) is 0.100. The number of amides is 1. The second kappa shape index (κ2) is 8.79. The summed E-state index contributed by atoms with van der Waals surface area (Å²) in [4.78, 5) is 27.3. The van der Waals surface area contributed by atoms with Gasteiger partial charge < -0.3 is 14.2 Å². The lowest BCUT2D eigenvalue weighted by atomic mass is 10.2. The van der Waals surface area contributed by atoms with E-state index in [1.807, 2.05) is 0 Å². The number of nitrogens with zero attached hydrogens (tertiary/aromatic N) is 4. The number of thioether (sulfide) groups is 1. The van der Waals surface area contributed by atoms with Crippen LogP contribution in [0.15, 0.2) is 69.0 Å². The van der Waals surface area contributed by atoms with E-state index in [4.69, 9.17) is 8.83 Å². The van der Waals surface area contributed by atoms with Gasteiger partial charge >= 0.3 is 0 Å². The molecule has 10 nitrogen and oxygen atoms in total. The summed E-state index contributed by atoms with van der Waals surface area (Å²) in [5.74, 6) is 0.607. The first kappa shape index (κ1) is 20.3. The van der Waals surface area contributed by atoms with E-state index < -0.39 is 4.92 Å². The Balaban J connectivity index is 1.50. The molecule has 1 amide bonds. The first-order valence-electron chi connectivity index (χ1n) is 9.01. The second-order valence-electron chi connectivity index (χ2n) is 6.34. The Morgan fingerprint density at radius 1 is 1.10 bits per heavy atom. The SMILES string of the molecule is Cc1ccc([N+](=O)[O-])cc1NC(=O)CSc1nnc(-c2ccco2)c(-c2ccco2)n1. The molecule has 11 heteroatoms. The van der Waals surface area contributed by atoms with Gasteiger partial charge in [0.1, 0.15) is 5.69 Å². The molecule has 0 saturated heterocycles. The lowest BCUT2D eigenvalue weighted by molar-refractivity contribution is -0.384. The van der Waals surface area contributed by atoms with Crippen LogP contribution in [0.1, 0.15) is 5.56 Å². The Morgan fingerprint density at radius 2 is 1.81 bits per heavy atom. The number of non-ortho nitro benzene ring substituents is 1. The molecule has 0 spiro atoms. The number of nitrogens with one attached hydrogen (secondary N) is 1. The van der Waals surface area contributed by atoms with Crippen LogP contribution in [-0.4, -0.2) is 31.8 Å². The van der Waals surface area contributed by atoms with Crippen LogP contribution in [0.2, 0.25) is 0 Å². The number of aryl methyl sites for hydroxylation is 1. The third-order valence-corrected chi connectivity index (χ3v) is 5.05. The van der Waals surface area contributed by atoms with Crippen molar-refractivity contribution in [1.82, 2.24) is 15.2 Å². The smallest absolute Gasteiger partial charge is 0.271 e. The van der Waals surface area contributed by atoms with E-state index in [1.54, 1.807) is 37.3 Å². The molecule has 0 aliphatic heterocycles. The monoisotopic (exact) mass is 437 g/mol. The number of rotatable bonds is 7. The highest BCUT2D eigenvalue weighted by molar-refractivity contribution is 7.99. The number of hydrogen-bond acceptors (Lipinski definition) is 9. The summed E-state index contributed by atoms with van der Waals surface area (Å²) >= 11 is 1.08. The molecule has 0 radical (unpaired) electrons. The minimum Gasteiger partial charge on any atom is -0.463 e. The molecular formula is C20H15N5O5S. The highest BCUT2D eigenvalue weighted by atomic mass is 32.2. The minimum atomic E-state index is -0.514. The summed E-state index contributed by atoms with van der Waals surface area (Å²) in [6.45, 7) is 1.75. The molecule has 1 aromatic carbocycles. The van der Waals surface area contributed by atoms with Crippen LogP contribution < -0.4 is 5.32 Å². The predicted octanol–water partition coefficient (Wildman–Crippen LogP) is 4.34. The molecule has 0 aliphatic rings. The number of carbonyl (C=O) groups excluding carboxylic acids is 1. The summed E-state index contributed by atoms with van der Waals surface area (Å²) in [5, 5.41) is 22.2. The van der Waals surface area contributed by atoms with Crippen LogP contribution in [0.3, 0.4) is 0 Å². The summed E-state index contributed by atoms with van der Waals surface area (Å²) in [5.41, 5.74) is 1.85. The molecule has 0 aliphatic carbocycles. The molecule has 31 heavy (non-hydrogen) atoms. The summed E-state index contributed by atoms with van der Waals surface area (Å²) in [6.07, 6.45) is 3.04. The Hall–Kier alpha value is -3.99. The van der Waals surface area contributed by atoms with Crippen LogP contribution >= 0.6 is 11.8 Å². The maximum absolute atomic E-state index is 12.4. The van der Waals surface area contributed by atoms with Crippen molar-refractivity contribution in [3.8, 4) is 22.9 Å². The minimum absolute atomic E-state index is 0.0124. The molecule has 0 atom stereocenters. The first-order valence-corrected chi connectivity index (χ1v) is 10.00. The number of anilines is 1. The summed E-state index contributed by atoms with van der Waals surface area (Å²) in [7, 11) is 0. The van der Waals surface area contributed by atoms with E-state index in [-0.39, 0.29) is 22.5 Å². The van der Waals surface area contributed by atoms with Crippen molar-refractivity contribution in [2.75, 3.05) is 11.1 Å². The van der Waals surface area contributed by atoms with Crippen LogP contribution in [-0.2, 0) is 4.79 Å². The lowest BCUT2D eigenvalue weighted by Gasteiger charge is -2.08. The first-order chi connectivity index (χ1) is 15.0. The fourth-order valence-electron chi connectivity index (χ4n) is 2.71. The van der Waals surface area contributed by atoms with Gasteiger partial charge in [-0.05, 0) is 36.8 Å². The Labute approximate surface area is 179 Å². The average molecular weight is 437 g/mol. The van der Waals surface area contributed by atoms with Crippen molar-refractivity contribution in [1.29, 1.82) is 0 Å². The van der Waals surface area contributed by atoms with Crippen LogP contribution in [0, 0.1) is 17.0 Å². The van der Waals surface area contributed by atoms with Gasteiger partial charge in [-0.1, -0.05) is 17.8 Å². The van der Waals surface area contributed by atoms with Crippen LogP contribution in [0.5, 0.6) is 0 Å². The topological polar surface area (TPSA) is 137 Å². The number of carbonyl (C=O) groups is 1. The van der Waals surface area contributed by atoms with Crippen LogP contribution in [0.25, 0.3) is 22.9 Å². The predicted molar refractivity (Wildman–Crippen MR) is 112 cm³/mol. The molecule has 1 N–H and O–H groups in total. The molecule has 0 bridgehead atoms. The zero-order valence-corrected chi connectivity index (χ0v) is 17.0. The zero-order valence-electron chi connectivity index (χ0n) is 16.1. The Bertz CT molecular complexity index is 1230.